The van der Waals surface area contributed by atoms with Gasteiger partial charge in [-0.05, 0) is 19.9 Å². The van der Waals surface area contributed by atoms with Gasteiger partial charge in [-0.25, -0.2) is 4.98 Å². The van der Waals surface area contributed by atoms with Gasteiger partial charge in [0.05, 0.1) is 5.69 Å². The number of hydrogen-bond donors (Lipinski definition) is 2. The molecular weight excluding hydrogens is 212 g/mol. The summed E-state index contributed by atoms with van der Waals surface area (Å²) < 4.78 is 0. The van der Waals surface area contributed by atoms with Crippen LogP contribution in [0.2, 0.25) is 0 Å². The molecule has 2 heterocycles. The Hall–Kier alpha value is -0.870. The Morgan fingerprint density at radius 2 is 2.24 bits per heavy atom. The molecule has 1 unspecified atom stereocenters. The number of imidazole rings is 1. The number of nitrogens with one attached hydrogen (secondary N) is 2. The molecule has 2 rings (SSSR count). The summed E-state index contributed by atoms with van der Waals surface area (Å²) in [6, 6.07) is 0.564. The van der Waals surface area contributed by atoms with Crippen LogP contribution >= 0.6 is 0 Å². The van der Waals surface area contributed by atoms with Crippen molar-refractivity contribution < 1.29 is 0 Å². The number of H-pyrrole nitrogens is 1. The van der Waals surface area contributed by atoms with Gasteiger partial charge in [-0.3, -0.25) is 0 Å². The second-order valence-electron chi connectivity index (χ2n) is 5.39. The summed E-state index contributed by atoms with van der Waals surface area (Å²) in [5.41, 5.74) is 2.44. The molecule has 2 N–H and O–H groups in total. The first-order valence-corrected chi connectivity index (χ1v) is 6.54. The fraction of sp³-hybridized carbons (Fsp3) is 0.769. The summed E-state index contributed by atoms with van der Waals surface area (Å²) >= 11 is 0. The average molecular weight is 236 g/mol. The molecule has 0 aliphatic carbocycles. The first kappa shape index (κ1) is 12.6. The third-order valence-electron chi connectivity index (χ3n) is 3.59. The molecule has 0 amide bonds. The minimum Gasteiger partial charge on any atom is -0.346 e. The van der Waals surface area contributed by atoms with Gasteiger partial charge >= 0.3 is 0 Å². The van der Waals surface area contributed by atoms with E-state index >= 15 is 0 Å². The maximum absolute atomic E-state index is 4.73. The topological polar surface area (TPSA) is 44.0 Å². The summed E-state index contributed by atoms with van der Waals surface area (Å²) in [6.45, 7) is 9.80. The highest BCUT2D eigenvalue weighted by Crippen LogP contribution is 2.17. The van der Waals surface area contributed by atoms with Gasteiger partial charge in [0.2, 0.25) is 0 Å². The van der Waals surface area contributed by atoms with E-state index in [2.05, 4.69) is 43.0 Å². The van der Waals surface area contributed by atoms with Gasteiger partial charge in [-0.1, -0.05) is 13.8 Å². The quantitative estimate of drug-likeness (QED) is 0.831. The van der Waals surface area contributed by atoms with Crippen molar-refractivity contribution in [2.24, 2.45) is 0 Å². The van der Waals surface area contributed by atoms with E-state index in [0.717, 1.165) is 31.9 Å². The molecule has 4 nitrogen and oxygen atoms in total. The second-order valence-corrected chi connectivity index (χ2v) is 5.39. The number of aromatic amines is 1. The molecule has 1 aliphatic rings. The van der Waals surface area contributed by atoms with Crippen LogP contribution < -0.4 is 5.32 Å². The van der Waals surface area contributed by atoms with Crippen molar-refractivity contribution in [1.29, 1.82) is 0 Å². The Balaban J connectivity index is 2.05. The molecule has 0 radical (unpaired) electrons. The Bertz CT molecular complexity index is 369. The van der Waals surface area contributed by atoms with Crippen molar-refractivity contribution in [2.75, 3.05) is 26.7 Å². The average Bonchev–Trinajstić information content (AvgIpc) is 2.63. The summed E-state index contributed by atoms with van der Waals surface area (Å²) in [7, 11) is 2.20. The predicted molar refractivity (Wildman–Crippen MR) is 70.4 cm³/mol. The highest BCUT2D eigenvalue weighted by atomic mass is 15.2. The lowest BCUT2D eigenvalue weighted by molar-refractivity contribution is 0.197. The first-order valence-electron chi connectivity index (χ1n) is 6.54. The minimum absolute atomic E-state index is 0.502. The molecule has 1 atom stereocenters. The second kappa shape index (κ2) is 5.19. The monoisotopic (exact) mass is 236 g/mol. The molecule has 1 aromatic heterocycles. The van der Waals surface area contributed by atoms with Crippen LogP contribution in [0.5, 0.6) is 0 Å². The van der Waals surface area contributed by atoms with Crippen molar-refractivity contribution in [3.63, 3.8) is 0 Å². The molecule has 17 heavy (non-hydrogen) atoms. The van der Waals surface area contributed by atoms with Crippen LogP contribution in [-0.4, -0.2) is 47.6 Å². The van der Waals surface area contributed by atoms with Crippen LogP contribution in [0, 0.1) is 6.92 Å². The Morgan fingerprint density at radius 3 is 2.82 bits per heavy atom. The SMILES string of the molecule is Cc1[nH]c(CC2CNCCN2C)nc1C(C)C. The van der Waals surface area contributed by atoms with Gasteiger partial charge in [0.25, 0.3) is 0 Å². The van der Waals surface area contributed by atoms with Crippen LogP contribution in [0.3, 0.4) is 0 Å². The number of rotatable bonds is 3. The van der Waals surface area contributed by atoms with Crippen molar-refractivity contribution in [2.45, 2.75) is 39.2 Å². The Labute approximate surface area is 104 Å². The lowest BCUT2D eigenvalue weighted by Gasteiger charge is -2.32. The number of piperazine rings is 1. The molecule has 0 saturated carbocycles. The highest BCUT2D eigenvalue weighted by Gasteiger charge is 2.21. The molecule has 1 aliphatic heterocycles. The van der Waals surface area contributed by atoms with Crippen LogP contribution in [0.4, 0.5) is 0 Å². The van der Waals surface area contributed by atoms with Crippen molar-refractivity contribution >= 4 is 0 Å². The fourth-order valence-electron chi connectivity index (χ4n) is 2.51. The van der Waals surface area contributed by atoms with E-state index in [-0.39, 0.29) is 0 Å². The van der Waals surface area contributed by atoms with E-state index in [4.69, 9.17) is 4.98 Å². The van der Waals surface area contributed by atoms with Crippen LogP contribution in [0.15, 0.2) is 0 Å². The number of aryl methyl sites for hydroxylation is 1. The van der Waals surface area contributed by atoms with E-state index in [9.17, 15) is 0 Å². The zero-order chi connectivity index (χ0) is 12.4. The molecule has 0 bridgehead atoms. The van der Waals surface area contributed by atoms with E-state index in [1.165, 1.54) is 11.4 Å². The molecule has 4 heteroatoms. The van der Waals surface area contributed by atoms with Crippen molar-refractivity contribution in [1.82, 2.24) is 20.2 Å². The van der Waals surface area contributed by atoms with Crippen LogP contribution in [0.1, 0.15) is 37.0 Å². The summed E-state index contributed by atoms with van der Waals surface area (Å²) in [6.07, 6.45) is 1.01. The van der Waals surface area contributed by atoms with E-state index in [0.29, 0.717) is 12.0 Å². The third kappa shape index (κ3) is 2.87. The predicted octanol–water partition coefficient (Wildman–Crippen LogP) is 1.29. The molecule has 1 aromatic rings. The number of nitrogens with zero attached hydrogens (tertiary/aromatic N) is 2. The van der Waals surface area contributed by atoms with Gasteiger partial charge in [0.15, 0.2) is 0 Å². The number of hydrogen-bond acceptors (Lipinski definition) is 3. The van der Waals surface area contributed by atoms with E-state index < -0.39 is 0 Å². The maximum Gasteiger partial charge on any atom is 0.108 e. The fourth-order valence-corrected chi connectivity index (χ4v) is 2.51. The number of aromatic nitrogens is 2. The normalized spacial score (nSPS) is 22.3. The van der Waals surface area contributed by atoms with Gasteiger partial charge in [0.1, 0.15) is 5.82 Å². The summed E-state index contributed by atoms with van der Waals surface area (Å²) in [4.78, 5) is 10.6. The molecule has 0 spiro atoms. The molecule has 0 aromatic carbocycles. The molecule has 96 valence electrons. The zero-order valence-electron chi connectivity index (χ0n) is 11.4. The van der Waals surface area contributed by atoms with E-state index in [1.54, 1.807) is 0 Å². The molecular formula is C13H24N4. The first-order chi connectivity index (χ1) is 8.08. The smallest absolute Gasteiger partial charge is 0.108 e. The maximum atomic E-state index is 4.73. The zero-order valence-corrected chi connectivity index (χ0v) is 11.4. The largest absolute Gasteiger partial charge is 0.346 e. The lowest BCUT2D eigenvalue weighted by atomic mass is 10.1. The summed E-state index contributed by atoms with van der Waals surface area (Å²) in [5, 5.41) is 3.45. The Morgan fingerprint density at radius 1 is 1.47 bits per heavy atom. The third-order valence-corrected chi connectivity index (χ3v) is 3.59. The van der Waals surface area contributed by atoms with Gasteiger partial charge in [0, 0.05) is 37.8 Å². The number of likely N-dealkylation sites (N-methyl/N-ethyl adjacent to an activating group) is 1. The van der Waals surface area contributed by atoms with Crippen molar-refractivity contribution in [3.8, 4) is 0 Å². The standard InChI is InChI=1S/C13H24N4/c1-9(2)13-10(3)15-12(16-13)7-11-8-14-5-6-17(11)4/h9,11,14H,5-8H2,1-4H3,(H,15,16). The lowest BCUT2D eigenvalue weighted by Crippen LogP contribution is -2.50. The molecule has 1 saturated heterocycles. The van der Waals surface area contributed by atoms with E-state index in [1.807, 2.05) is 0 Å². The summed E-state index contributed by atoms with van der Waals surface area (Å²) in [5.74, 6) is 1.63. The van der Waals surface area contributed by atoms with Gasteiger partial charge < -0.3 is 15.2 Å². The van der Waals surface area contributed by atoms with Gasteiger partial charge in [-0.15, -0.1) is 0 Å². The highest BCUT2D eigenvalue weighted by molar-refractivity contribution is 5.17. The van der Waals surface area contributed by atoms with Gasteiger partial charge in [-0.2, -0.15) is 0 Å². The Kier molecular flexibility index (Phi) is 3.84. The van der Waals surface area contributed by atoms with Crippen LogP contribution in [0.25, 0.3) is 0 Å². The minimum atomic E-state index is 0.502. The van der Waals surface area contributed by atoms with Crippen molar-refractivity contribution in [3.05, 3.63) is 17.2 Å². The molecule has 1 fully saturated rings. The van der Waals surface area contributed by atoms with Crippen LogP contribution in [-0.2, 0) is 6.42 Å².